The SMILES string of the molecule is O=C(Oc1ccc([NH+]([O-])O)cc1)C(F)(F)C(F)(F)C(F)(F)C(F)(F)C(F)(F)C(F)(F)C(F)(F)C(F)(F)F. The molecule has 1 unspecified atom stereocenters. The molecule has 0 spiro atoms. The van der Waals surface area contributed by atoms with Gasteiger partial charge in [0.2, 0.25) is 0 Å². The lowest BCUT2D eigenvalue weighted by atomic mass is 9.89. The number of quaternary nitrogens is 1. The van der Waals surface area contributed by atoms with Crippen molar-refractivity contribution in [2.75, 3.05) is 0 Å². The molecule has 0 radical (unpaired) electrons. The highest BCUT2D eigenvalue weighted by Gasteiger charge is 2.96. The minimum Gasteiger partial charge on any atom is -0.595 e. The first-order valence-electron chi connectivity index (χ1n) is 8.32. The van der Waals surface area contributed by atoms with Crippen molar-refractivity contribution >= 4 is 11.7 Å². The molecule has 1 atom stereocenters. The van der Waals surface area contributed by atoms with Gasteiger partial charge in [0.1, 0.15) is 5.75 Å². The summed E-state index contributed by atoms with van der Waals surface area (Å²) >= 11 is 0. The molecule has 22 heteroatoms. The molecule has 0 saturated heterocycles. The highest BCUT2D eigenvalue weighted by molar-refractivity contribution is 5.81. The number of rotatable bonds is 9. The van der Waals surface area contributed by atoms with Gasteiger partial charge < -0.3 is 9.94 Å². The largest absolute Gasteiger partial charge is 0.595 e. The molecule has 0 aliphatic rings. The van der Waals surface area contributed by atoms with Crippen molar-refractivity contribution in [2.45, 2.75) is 47.6 Å². The van der Waals surface area contributed by atoms with Gasteiger partial charge in [0, 0.05) is 12.1 Å². The van der Waals surface area contributed by atoms with E-state index in [-0.39, 0.29) is 12.1 Å². The second-order valence-corrected chi connectivity index (χ2v) is 6.74. The lowest BCUT2D eigenvalue weighted by Gasteiger charge is -2.42. The molecule has 5 nitrogen and oxygen atoms in total. The second kappa shape index (κ2) is 8.99. The predicted octanol–water partition coefficient (Wildman–Crippen LogP) is 5.00. The summed E-state index contributed by atoms with van der Waals surface area (Å²) in [6.07, 6.45) is -7.88. The molecule has 1 rings (SSSR count). The fraction of sp³-hybridized carbons (Fsp3) is 0.533. The number of benzene rings is 1. The maximum Gasteiger partial charge on any atom is 0.460 e. The Bertz CT molecular complexity index is 987. The van der Waals surface area contributed by atoms with Crippen molar-refractivity contribution in [2.24, 2.45) is 0 Å². The molecule has 0 aliphatic heterocycles. The number of hydrogen-bond acceptors (Lipinski definition) is 4. The Kier molecular flexibility index (Phi) is 7.88. The van der Waals surface area contributed by atoms with E-state index in [2.05, 4.69) is 4.74 Å². The normalized spacial score (nSPS) is 16.0. The van der Waals surface area contributed by atoms with E-state index >= 15 is 0 Å². The van der Waals surface area contributed by atoms with Gasteiger partial charge in [-0.1, -0.05) is 0 Å². The van der Waals surface area contributed by atoms with Crippen LogP contribution in [-0.4, -0.2) is 58.8 Å². The Morgan fingerprint density at radius 3 is 1.27 bits per heavy atom. The number of carbonyl (C=O) groups is 1. The molecule has 0 bridgehead atoms. The van der Waals surface area contributed by atoms with Crippen LogP contribution in [-0.2, 0) is 4.79 Å². The van der Waals surface area contributed by atoms with E-state index in [1.165, 1.54) is 0 Å². The Labute approximate surface area is 190 Å². The molecule has 0 saturated carbocycles. The Hall–Kier alpha value is -2.62. The Morgan fingerprint density at radius 1 is 0.622 bits per heavy atom. The summed E-state index contributed by atoms with van der Waals surface area (Å²) in [5, 5.41) is 17.4. The zero-order valence-electron chi connectivity index (χ0n) is 16.4. The van der Waals surface area contributed by atoms with Crippen LogP contribution < -0.4 is 9.96 Å². The average Bonchev–Trinajstić information content (AvgIpc) is 2.72. The third-order valence-electron chi connectivity index (χ3n) is 4.29. The maximum absolute atomic E-state index is 13.7. The van der Waals surface area contributed by atoms with E-state index in [4.69, 9.17) is 5.21 Å². The summed E-state index contributed by atoms with van der Waals surface area (Å²) in [6, 6.07) is 1.26. The first kappa shape index (κ1) is 32.4. The summed E-state index contributed by atoms with van der Waals surface area (Å²) < 4.78 is 227. The van der Waals surface area contributed by atoms with Crippen LogP contribution >= 0.6 is 0 Å². The van der Waals surface area contributed by atoms with Crippen molar-refractivity contribution in [3.63, 3.8) is 0 Å². The van der Waals surface area contributed by atoms with Gasteiger partial charge in [-0.3, -0.25) is 0 Å². The van der Waals surface area contributed by atoms with Crippen LogP contribution in [0.15, 0.2) is 24.3 Å². The van der Waals surface area contributed by atoms with Crippen molar-refractivity contribution in [1.82, 2.24) is 0 Å². The molecule has 0 heterocycles. The summed E-state index contributed by atoms with van der Waals surface area (Å²) in [7, 11) is 0. The molecule has 214 valence electrons. The highest BCUT2D eigenvalue weighted by Crippen LogP contribution is 2.64. The summed E-state index contributed by atoms with van der Waals surface area (Å²) in [5.74, 6) is -64.2. The van der Waals surface area contributed by atoms with Crippen LogP contribution in [0.25, 0.3) is 0 Å². The monoisotopic (exact) mass is 587 g/mol. The number of alkyl halides is 17. The number of hydrogen-bond donors (Lipinski definition) is 2. The molecule has 0 fully saturated rings. The molecule has 37 heavy (non-hydrogen) atoms. The van der Waals surface area contributed by atoms with Gasteiger partial charge >= 0.3 is 53.6 Å². The van der Waals surface area contributed by atoms with Crippen LogP contribution in [0, 0.1) is 5.21 Å². The Balaban J connectivity index is 3.52. The van der Waals surface area contributed by atoms with Gasteiger partial charge in [-0.2, -0.15) is 79.9 Å². The maximum atomic E-state index is 13.7. The molecular formula is C15H6F17NO4. The molecule has 0 aliphatic carbocycles. The quantitative estimate of drug-likeness (QED) is 0.185. The van der Waals surface area contributed by atoms with E-state index in [0.717, 1.165) is 0 Å². The number of nitrogens with one attached hydrogen (secondary N) is 1. The van der Waals surface area contributed by atoms with Gasteiger partial charge in [-0.25, -0.2) is 10.0 Å². The fourth-order valence-corrected chi connectivity index (χ4v) is 2.13. The van der Waals surface area contributed by atoms with Crippen LogP contribution in [0.4, 0.5) is 80.3 Å². The van der Waals surface area contributed by atoms with Crippen LogP contribution in [0.5, 0.6) is 5.75 Å². The lowest BCUT2D eigenvalue weighted by Crippen LogP contribution is -2.99. The lowest BCUT2D eigenvalue weighted by molar-refractivity contribution is -0.991. The first-order chi connectivity index (χ1) is 16.1. The zero-order valence-corrected chi connectivity index (χ0v) is 16.4. The molecule has 1 aromatic carbocycles. The molecule has 1 aromatic rings. The van der Waals surface area contributed by atoms with E-state index in [1.807, 2.05) is 0 Å². The summed E-state index contributed by atoms with van der Waals surface area (Å²) in [4.78, 5) is 11.3. The molecule has 0 amide bonds. The van der Waals surface area contributed by atoms with Gasteiger partial charge in [-0.05, 0) is 12.1 Å². The summed E-state index contributed by atoms with van der Waals surface area (Å²) in [5.41, 5.74) is -0.693. The van der Waals surface area contributed by atoms with Crippen LogP contribution in [0.3, 0.4) is 0 Å². The topological polar surface area (TPSA) is 74.0 Å². The fourth-order valence-electron chi connectivity index (χ4n) is 2.13. The van der Waals surface area contributed by atoms with E-state index in [1.54, 1.807) is 0 Å². The summed E-state index contributed by atoms with van der Waals surface area (Å²) in [6.45, 7) is 0. The minimum absolute atomic E-state index is 0.218. The predicted molar refractivity (Wildman–Crippen MR) is 78.5 cm³/mol. The minimum atomic E-state index is -8.82. The van der Waals surface area contributed by atoms with Gasteiger partial charge in [0.25, 0.3) is 0 Å². The van der Waals surface area contributed by atoms with E-state index in [9.17, 15) is 84.6 Å². The smallest absolute Gasteiger partial charge is 0.460 e. The Morgan fingerprint density at radius 2 is 0.946 bits per heavy atom. The van der Waals surface area contributed by atoms with Crippen molar-refractivity contribution in [1.29, 1.82) is 0 Å². The van der Waals surface area contributed by atoms with E-state index in [0.29, 0.717) is 12.1 Å². The van der Waals surface area contributed by atoms with Crippen molar-refractivity contribution in [3.05, 3.63) is 29.5 Å². The highest BCUT2D eigenvalue weighted by atomic mass is 19.4. The van der Waals surface area contributed by atoms with Gasteiger partial charge in [0.05, 0.1) is 0 Å². The number of ether oxygens (including phenoxy) is 1. The average molecular weight is 587 g/mol. The molecular weight excluding hydrogens is 581 g/mol. The van der Waals surface area contributed by atoms with Gasteiger partial charge in [0.15, 0.2) is 5.69 Å². The standard InChI is InChI=1S/C15H6F17NO4/c16-8(17,7(34)37-6-3-1-5(2-4-6)33(35)36)9(18,19)10(20,21)11(22,23)12(24,25)13(26,27)14(28,29)15(30,31)32/h1-4,33,35H. The molecule has 2 N–H and O–H groups in total. The van der Waals surface area contributed by atoms with Crippen molar-refractivity contribution in [3.8, 4) is 5.75 Å². The third-order valence-corrected chi connectivity index (χ3v) is 4.29. The third kappa shape index (κ3) is 4.62. The van der Waals surface area contributed by atoms with Crippen LogP contribution in [0.2, 0.25) is 0 Å². The zero-order chi connectivity index (χ0) is 29.8. The number of esters is 1. The first-order valence-corrected chi connectivity index (χ1v) is 8.32. The van der Waals surface area contributed by atoms with Gasteiger partial charge in [-0.15, -0.1) is 0 Å². The molecule has 0 aromatic heterocycles. The van der Waals surface area contributed by atoms with E-state index < -0.39 is 70.3 Å². The number of carbonyl (C=O) groups excluding carboxylic acids is 1. The number of halogens is 17. The van der Waals surface area contributed by atoms with Crippen molar-refractivity contribution < 1.29 is 94.6 Å². The van der Waals surface area contributed by atoms with Crippen LogP contribution in [0.1, 0.15) is 0 Å². The second-order valence-electron chi connectivity index (χ2n) is 6.74.